The summed E-state index contributed by atoms with van der Waals surface area (Å²) in [6.45, 7) is 5.61. The molecule has 1 unspecified atom stereocenters. The highest BCUT2D eigenvalue weighted by Gasteiger charge is 2.16. The minimum Gasteiger partial charge on any atom is -0.361 e. The molecule has 2 nitrogen and oxygen atoms in total. The average molecular weight is 345 g/mol. The lowest BCUT2D eigenvalue weighted by Crippen LogP contribution is -2.32. The maximum absolute atomic E-state index is 3.39. The number of H-pyrrole nitrogens is 1. The van der Waals surface area contributed by atoms with Crippen LogP contribution in [0.25, 0.3) is 10.9 Å². The second-order valence-corrected chi connectivity index (χ2v) is 7.52. The Balaban J connectivity index is 1.28. The van der Waals surface area contributed by atoms with Crippen molar-refractivity contribution < 1.29 is 0 Å². The van der Waals surface area contributed by atoms with E-state index in [1.807, 2.05) is 0 Å². The summed E-state index contributed by atoms with van der Waals surface area (Å²) in [5, 5.41) is 1.38. The van der Waals surface area contributed by atoms with Crippen LogP contribution in [0, 0.1) is 6.92 Å². The molecule has 26 heavy (non-hydrogen) atoms. The number of fused-ring (bicyclic) bond motifs is 1. The summed E-state index contributed by atoms with van der Waals surface area (Å²) >= 11 is 0. The van der Waals surface area contributed by atoms with Crippen LogP contribution in [0.2, 0.25) is 0 Å². The summed E-state index contributed by atoms with van der Waals surface area (Å²) in [6.07, 6.45) is 10.6. The van der Waals surface area contributed by atoms with E-state index in [2.05, 4.69) is 83.7 Å². The molecule has 134 valence electrons. The number of nitrogens with zero attached hydrogens (tertiary/aromatic N) is 1. The minimum absolute atomic E-state index is 0.539. The quantitative estimate of drug-likeness (QED) is 0.465. The summed E-state index contributed by atoms with van der Waals surface area (Å²) in [5.41, 5.74) is 5.51. The third-order valence-corrected chi connectivity index (χ3v) is 5.50. The topological polar surface area (TPSA) is 19.0 Å². The molecule has 1 aliphatic heterocycles. The van der Waals surface area contributed by atoms with Crippen LogP contribution in [0.3, 0.4) is 0 Å². The van der Waals surface area contributed by atoms with Crippen molar-refractivity contribution in [1.82, 2.24) is 9.88 Å². The summed E-state index contributed by atoms with van der Waals surface area (Å²) in [7, 11) is 0. The van der Waals surface area contributed by atoms with Crippen LogP contribution in [0.1, 0.15) is 35.4 Å². The van der Waals surface area contributed by atoms with Gasteiger partial charge in [0.1, 0.15) is 0 Å². The molecule has 2 heterocycles. The first kappa shape index (κ1) is 17.1. The minimum atomic E-state index is 0.539. The van der Waals surface area contributed by atoms with Gasteiger partial charge in [-0.25, -0.2) is 0 Å². The van der Waals surface area contributed by atoms with E-state index in [9.17, 15) is 0 Å². The molecule has 3 aromatic rings. The molecule has 0 saturated heterocycles. The summed E-state index contributed by atoms with van der Waals surface area (Å²) < 4.78 is 0. The first-order valence-electron chi connectivity index (χ1n) is 9.80. The molecule has 0 saturated carbocycles. The van der Waals surface area contributed by atoms with Crippen LogP contribution in [-0.4, -0.2) is 29.5 Å². The molecule has 1 aromatic heterocycles. The smallest absolute Gasteiger partial charge is 0.0456 e. The first-order chi connectivity index (χ1) is 12.8. The van der Waals surface area contributed by atoms with Crippen LogP contribution in [0.5, 0.6) is 0 Å². The fraction of sp³-hybridized carbons (Fsp3) is 0.333. The molecular formula is C24H28N2. The highest BCUT2D eigenvalue weighted by atomic mass is 15.1. The Labute approximate surface area is 156 Å². The summed E-state index contributed by atoms with van der Waals surface area (Å²) in [4.78, 5) is 5.99. The number of aryl methyl sites for hydroxylation is 2. The van der Waals surface area contributed by atoms with Crippen molar-refractivity contribution >= 4 is 10.9 Å². The molecule has 2 heteroatoms. The number of para-hydroxylation sites is 1. The van der Waals surface area contributed by atoms with E-state index in [0.717, 1.165) is 19.5 Å². The molecule has 4 rings (SSSR count). The number of aromatic amines is 1. The molecule has 0 amide bonds. The molecule has 0 radical (unpaired) electrons. The van der Waals surface area contributed by atoms with Gasteiger partial charge < -0.3 is 4.98 Å². The third-order valence-electron chi connectivity index (χ3n) is 5.50. The Hall–Kier alpha value is -2.32. The number of unbranched alkanes of at least 4 members (excludes halogenated alkanes) is 1. The van der Waals surface area contributed by atoms with Crippen molar-refractivity contribution in [2.24, 2.45) is 0 Å². The molecule has 0 fully saturated rings. The Morgan fingerprint density at radius 2 is 2.00 bits per heavy atom. The highest BCUT2D eigenvalue weighted by Crippen LogP contribution is 2.24. The summed E-state index contributed by atoms with van der Waals surface area (Å²) in [5.74, 6) is 0.539. The lowest BCUT2D eigenvalue weighted by atomic mass is 9.94. The molecule has 0 aliphatic carbocycles. The zero-order chi connectivity index (χ0) is 17.8. The fourth-order valence-electron chi connectivity index (χ4n) is 4.08. The van der Waals surface area contributed by atoms with Gasteiger partial charge in [-0.15, -0.1) is 0 Å². The predicted molar refractivity (Wildman–Crippen MR) is 111 cm³/mol. The highest BCUT2D eigenvalue weighted by molar-refractivity contribution is 5.82. The van der Waals surface area contributed by atoms with Crippen molar-refractivity contribution in [3.63, 3.8) is 0 Å². The van der Waals surface area contributed by atoms with Crippen molar-refractivity contribution in [1.29, 1.82) is 0 Å². The van der Waals surface area contributed by atoms with Crippen molar-refractivity contribution in [3.8, 4) is 0 Å². The third kappa shape index (κ3) is 3.91. The molecule has 0 spiro atoms. The van der Waals surface area contributed by atoms with Gasteiger partial charge in [-0.1, -0.05) is 60.2 Å². The van der Waals surface area contributed by atoms with E-state index >= 15 is 0 Å². The molecule has 0 bridgehead atoms. The average Bonchev–Trinajstić information content (AvgIpc) is 3.09. The Morgan fingerprint density at radius 1 is 1.08 bits per heavy atom. The van der Waals surface area contributed by atoms with E-state index < -0.39 is 0 Å². The second-order valence-electron chi connectivity index (χ2n) is 7.52. The Bertz CT molecular complexity index is 890. The zero-order valence-electron chi connectivity index (χ0n) is 15.6. The van der Waals surface area contributed by atoms with E-state index in [1.54, 1.807) is 0 Å². The van der Waals surface area contributed by atoms with Gasteiger partial charge in [0.05, 0.1) is 0 Å². The van der Waals surface area contributed by atoms with Crippen LogP contribution in [-0.2, 0) is 6.42 Å². The number of hydrogen-bond acceptors (Lipinski definition) is 1. The molecule has 1 aliphatic rings. The molecular weight excluding hydrogens is 316 g/mol. The normalized spacial score (nSPS) is 17.8. The van der Waals surface area contributed by atoms with E-state index in [4.69, 9.17) is 0 Å². The SMILES string of the molecule is Cc1cccc(C2C=CCN(CCCCc3c[nH]c4ccccc34)C2)c1. The summed E-state index contributed by atoms with van der Waals surface area (Å²) in [6, 6.07) is 17.6. The van der Waals surface area contributed by atoms with Gasteiger partial charge in [0, 0.05) is 36.1 Å². The van der Waals surface area contributed by atoms with Gasteiger partial charge >= 0.3 is 0 Å². The van der Waals surface area contributed by atoms with Crippen LogP contribution >= 0.6 is 0 Å². The van der Waals surface area contributed by atoms with Crippen LogP contribution in [0.4, 0.5) is 0 Å². The number of hydrogen-bond donors (Lipinski definition) is 1. The van der Waals surface area contributed by atoms with Crippen LogP contribution < -0.4 is 0 Å². The van der Waals surface area contributed by atoms with Gasteiger partial charge in [-0.05, 0) is 49.9 Å². The van der Waals surface area contributed by atoms with Gasteiger partial charge in [-0.3, -0.25) is 4.90 Å². The predicted octanol–water partition coefficient (Wildman–Crippen LogP) is 5.45. The standard InChI is InChI=1S/C24H28N2/c1-19-8-6-10-20(16-19)22-11-7-15-26(18-22)14-5-4-9-21-17-25-24-13-3-2-12-23(21)24/h2-3,6-8,10-13,16-17,22,25H,4-5,9,14-15,18H2,1H3. The van der Waals surface area contributed by atoms with E-state index in [0.29, 0.717) is 5.92 Å². The number of aromatic nitrogens is 1. The largest absolute Gasteiger partial charge is 0.361 e. The number of nitrogens with one attached hydrogen (secondary N) is 1. The van der Waals surface area contributed by atoms with Gasteiger partial charge in [0.15, 0.2) is 0 Å². The van der Waals surface area contributed by atoms with Crippen LogP contribution in [0.15, 0.2) is 66.9 Å². The van der Waals surface area contributed by atoms with Crippen molar-refractivity contribution in [2.45, 2.75) is 32.1 Å². The van der Waals surface area contributed by atoms with E-state index in [1.165, 1.54) is 47.0 Å². The second kappa shape index (κ2) is 7.92. The van der Waals surface area contributed by atoms with Gasteiger partial charge in [0.2, 0.25) is 0 Å². The van der Waals surface area contributed by atoms with E-state index in [-0.39, 0.29) is 0 Å². The first-order valence-corrected chi connectivity index (χ1v) is 9.80. The lowest BCUT2D eigenvalue weighted by molar-refractivity contribution is 0.278. The fourth-order valence-corrected chi connectivity index (χ4v) is 4.08. The molecule has 2 aromatic carbocycles. The maximum Gasteiger partial charge on any atom is 0.0456 e. The Morgan fingerprint density at radius 3 is 2.92 bits per heavy atom. The zero-order valence-corrected chi connectivity index (χ0v) is 15.6. The lowest BCUT2D eigenvalue weighted by Gasteiger charge is -2.29. The van der Waals surface area contributed by atoms with Crippen molar-refractivity contribution in [3.05, 3.63) is 83.6 Å². The molecule has 1 atom stereocenters. The number of rotatable bonds is 6. The maximum atomic E-state index is 3.39. The molecule has 1 N–H and O–H groups in total. The number of benzene rings is 2. The van der Waals surface area contributed by atoms with Gasteiger partial charge in [-0.2, -0.15) is 0 Å². The van der Waals surface area contributed by atoms with Gasteiger partial charge in [0.25, 0.3) is 0 Å². The Kier molecular flexibility index (Phi) is 5.21. The van der Waals surface area contributed by atoms with Crippen molar-refractivity contribution in [2.75, 3.05) is 19.6 Å². The monoisotopic (exact) mass is 344 g/mol.